The molecular weight excluding hydrogens is 393 g/mol. The SMILES string of the molecule is C=CC(F)(F)C(F)(F)C(F)(F)C(F)(F)C(F)(C(F)(F)F)C(F)(F)F. The highest BCUT2D eigenvalue weighted by atomic mass is 19.4. The maximum absolute atomic E-state index is 13.0. The molecule has 0 aliphatic rings. The first-order valence-electron chi connectivity index (χ1n) is 5.03. The van der Waals surface area contributed by atoms with E-state index in [1.807, 2.05) is 6.58 Å². The van der Waals surface area contributed by atoms with Crippen LogP contribution in [0.3, 0.4) is 0 Å². The van der Waals surface area contributed by atoms with Crippen LogP contribution in [0.5, 0.6) is 0 Å². The third kappa shape index (κ3) is 2.59. The van der Waals surface area contributed by atoms with Crippen LogP contribution in [-0.2, 0) is 0 Å². The Hall–Kier alpha value is -1.31. The van der Waals surface area contributed by atoms with Crippen molar-refractivity contribution in [3.05, 3.63) is 12.7 Å². The number of halogens is 15. The van der Waals surface area contributed by atoms with Crippen LogP contribution in [0, 0.1) is 0 Å². The van der Waals surface area contributed by atoms with Gasteiger partial charge in [0.05, 0.1) is 0 Å². The molecule has 0 saturated carbocycles. The maximum Gasteiger partial charge on any atom is 0.438 e. The number of alkyl halides is 15. The summed E-state index contributed by atoms with van der Waals surface area (Å²) in [5.74, 6) is -30.5. The van der Waals surface area contributed by atoms with Gasteiger partial charge in [-0.05, 0) is 6.08 Å². The number of hydrogen-bond donors (Lipinski definition) is 0. The van der Waals surface area contributed by atoms with Gasteiger partial charge >= 0.3 is 41.7 Å². The number of rotatable bonds is 5. The van der Waals surface area contributed by atoms with Crippen LogP contribution in [0.1, 0.15) is 0 Å². The molecule has 0 N–H and O–H groups in total. The molecule has 0 heterocycles. The summed E-state index contributed by atoms with van der Waals surface area (Å²) in [4.78, 5) is 0. The van der Waals surface area contributed by atoms with Crippen molar-refractivity contribution in [2.75, 3.05) is 0 Å². The van der Waals surface area contributed by atoms with Crippen molar-refractivity contribution >= 4 is 0 Å². The molecule has 0 radical (unpaired) electrons. The standard InChI is InChI=1S/C9H3F15/c1-2-3(10,11)5(13,14)7(17,18)6(15,16)4(12,8(19,20)21)9(22,23)24/h2H,1H2. The van der Waals surface area contributed by atoms with Crippen LogP contribution in [0.15, 0.2) is 12.7 Å². The highest BCUT2D eigenvalue weighted by Gasteiger charge is 2.95. The fourth-order valence-electron chi connectivity index (χ4n) is 1.27. The average Bonchev–Trinajstić information content (AvgIpc) is 2.33. The van der Waals surface area contributed by atoms with Gasteiger partial charge in [-0.2, -0.15) is 61.5 Å². The molecule has 24 heavy (non-hydrogen) atoms. The summed E-state index contributed by atoms with van der Waals surface area (Å²) in [5.41, 5.74) is -8.25. The lowest BCUT2D eigenvalue weighted by atomic mass is 9.86. The molecule has 0 unspecified atom stereocenters. The molecular formula is C9H3F15. The van der Waals surface area contributed by atoms with Crippen molar-refractivity contribution in [1.82, 2.24) is 0 Å². The highest BCUT2D eigenvalue weighted by molar-refractivity contribution is 5.18. The molecule has 0 nitrogen and oxygen atoms in total. The topological polar surface area (TPSA) is 0 Å². The zero-order valence-electron chi connectivity index (χ0n) is 10.5. The van der Waals surface area contributed by atoms with Crippen molar-refractivity contribution < 1.29 is 65.9 Å². The zero-order chi connectivity index (χ0) is 20.2. The third-order valence-corrected chi connectivity index (χ3v) is 2.68. The molecule has 0 atom stereocenters. The Balaban J connectivity index is 6.73. The van der Waals surface area contributed by atoms with Gasteiger partial charge in [0.2, 0.25) is 0 Å². The van der Waals surface area contributed by atoms with Crippen molar-refractivity contribution in [1.29, 1.82) is 0 Å². The molecule has 0 bridgehead atoms. The number of allylic oxidation sites excluding steroid dienone is 1. The molecule has 15 heteroatoms. The monoisotopic (exact) mass is 396 g/mol. The third-order valence-electron chi connectivity index (χ3n) is 2.68. The Morgan fingerprint density at radius 1 is 0.458 bits per heavy atom. The molecule has 0 aromatic heterocycles. The van der Waals surface area contributed by atoms with Crippen molar-refractivity contribution in [2.24, 2.45) is 0 Å². The second-order valence-corrected chi connectivity index (χ2v) is 4.20. The van der Waals surface area contributed by atoms with Crippen LogP contribution in [-0.4, -0.2) is 41.7 Å². The molecule has 144 valence electrons. The summed E-state index contributed by atoms with van der Waals surface area (Å²) in [6.07, 6.45) is -17.2. The predicted molar refractivity (Wildman–Crippen MR) is 45.9 cm³/mol. The van der Waals surface area contributed by atoms with Gasteiger partial charge in [0.1, 0.15) is 0 Å². The molecule has 0 amide bonds. The Bertz CT molecular complexity index is 464. The van der Waals surface area contributed by atoms with E-state index in [4.69, 9.17) is 0 Å². The summed E-state index contributed by atoms with van der Waals surface area (Å²) in [6, 6.07) is 0. The van der Waals surface area contributed by atoms with Gasteiger partial charge in [-0.1, -0.05) is 6.58 Å². The van der Waals surface area contributed by atoms with Crippen molar-refractivity contribution in [3.63, 3.8) is 0 Å². The Morgan fingerprint density at radius 3 is 0.958 bits per heavy atom. The van der Waals surface area contributed by atoms with Gasteiger partial charge in [0.25, 0.3) is 0 Å². The Kier molecular flexibility index (Phi) is 5.05. The lowest BCUT2D eigenvalue weighted by Gasteiger charge is -2.42. The van der Waals surface area contributed by atoms with Crippen LogP contribution in [0.25, 0.3) is 0 Å². The van der Waals surface area contributed by atoms with E-state index in [2.05, 4.69) is 0 Å². The van der Waals surface area contributed by atoms with Crippen molar-refractivity contribution in [3.8, 4) is 0 Å². The van der Waals surface area contributed by atoms with E-state index in [1.165, 1.54) is 0 Å². The average molecular weight is 396 g/mol. The van der Waals surface area contributed by atoms with Gasteiger partial charge in [-0.15, -0.1) is 0 Å². The van der Waals surface area contributed by atoms with E-state index in [0.29, 0.717) is 0 Å². The summed E-state index contributed by atoms with van der Waals surface area (Å²) in [5, 5.41) is 0. The second kappa shape index (κ2) is 5.34. The van der Waals surface area contributed by atoms with Gasteiger partial charge in [-0.25, -0.2) is 4.39 Å². The molecule has 0 aliphatic heterocycles. The van der Waals surface area contributed by atoms with Crippen LogP contribution < -0.4 is 0 Å². The first-order valence-corrected chi connectivity index (χ1v) is 5.03. The first-order chi connectivity index (χ1) is 10.1. The Morgan fingerprint density at radius 2 is 0.750 bits per heavy atom. The normalized spacial score (nSPS) is 16.3. The summed E-state index contributed by atoms with van der Waals surface area (Å²) in [7, 11) is 0. The predicted octanol–water partition coefficient (Wildman–Crippen LogP) is 5.55. The summed E-state index contributed by atoms with van der Waals surface area (Å²) < 4.78 is 188. The van der Waals surface area contributed by atoms with Gasteiger partial charge in [0.15, 0.2) is 0 Å². The van der Waals surface area contributed by atoms with E-state index in [1.54, 1.807) is 0 Å². The largest absolute Gasteiger partial charge is 0.438 e. The quantitative estimate of drug-likeness (QED) is 0.423. The van der Waals surface area contributed by atoms with Crippen molar-refractivity contribution in [2.45, 2.75) is 41.7 Å². The molecule has 0 saturated heterocycles. The fourth-order valence-corrected chi connectivity index (χ4v) is 1.27. The van der Waals surface area contributed by atoms with Crippen LogP contribution in [0.4, 0.5) is 65.9 Å². The van der Waals surface area contributed by atoms with E-state index < -0.39 is 47.8 Å². The van der Waals surface area contributed by atoms with E-state index in [9.17, 15) is 65.9 Å². The van der Waals surface area contributed by atoms with Gasteiger partial charge in [-0.3, -0.25) is 0 Å². The summed E-state index contributed by atoms with van der Waals surface area (Å²) >= 11 is 0. The molecule has 0 aliphatic carbocycles. The van der Waals surface area contributed by atoms with Gasteiger partial charge in [0, 0.05) is 0 Å². The first kappa shape index (κ1) is 22.7. The van der Waals surface area contributed by atoms with E-state index >= 15 is 0 Å². The second-order valence-electron chi connectivity index (χ2n) is 4.20. The minimum atomic E-state index is -8.37. The molecule has 0 spiro atoms. The lowest BCUT2D eigenvalue weighted by Crippen LogP contribution is -2.75. The molecule has 0 aromatic rings. The maximum atomic E-state index is 13.0. The molecule has 0 rings (SSSR count). The van der Waals surface area contributed by atoms with Crippen LogP contribution >= 0.6 is 0 Å². The molecule has 0 fully saturated rings. The molecule has 0 aromatic carbocycles. The van der Waals surface area contributed by atoms with E-state index in [-0.39, 0.29) is 0 Å². The van der Waals surface area contributed by atoms with Crippen LogP contribution in [0.2, 0.25) is 0 Å². The number of hydrogen-bond acceptors (Lipinski definition) is 0. The minimum absolute atomic E-state index is 1.43. The lowest BCUT2D eigenvalue weighted by molar-refractivity contribution is -0.454. The van der Waals surface area contributed by atoms with Gasteiger partial charge < -0.3 is 0 Å². The van der Waals surface area contributed by atoms with E-state index in [0.717, 1.165) is 0 Å². The minimum Gasteiger partial charge on any atom is -0.216 e. The highest BCUT2D eigenvalue weighted by Crippen LogP contribution is 2.63. The Labute approximate surface area is 121 Å². The summed E-state index contributed by atoms with van der Waals surface area (Å²) in [6.45, 7) is 1.81. The smallest absolute Gasteiger partial charge is 0.216 e. The fraction of sp³-hybridized carbons (Fsp3) is 0.778. The zero-order valence-corrected chi connectivity index (χ0v) is 10.5.